The van der Waals surface area contributed by atoms with Crippen LogP contribution >= 0.6 is 11.3 Å². The van der Waals surface area contributed by atoms with Crippen LogP contribution in [-0.4, -0.2) is 59.3 Å². The fourth-order valence-corrected chi connectivity index (χ4v) is 4.80. The van der Waals surface area contributed by atoms with Crippen LogP contribution < -0.4 is 5.32 Å². The number of rotatable bonds is 2. The van der Waals surface area contributed by atoms with Gasteiger partial charge in [0.2, 0.25) is 0 Å². The molecule has 7 heteroatoms. The fraction of sp³-hybridized carbons (Fsp3) is 0.444. The number of nitrogens with zero attached hydrogens (tertiary/aromatic N) is 1. The maximum atomic E-state index is 12.8. The van der Waals surface area contributed by atoms with E-state index in [1.165, 1.54) is 11.3 Å². The Kier molecular flexibility index (Phi) is 4.23. The Morgan fingerprint density at radius 3 is 3.00 bits per heavy atom. The molecule has 25 heavy (non-hydrogen) atoms. The third kappa shape index (κ3) is 2.82. The summed E-state index contributed by atoms with van der Waals surface area (Å²) in [7, 11) is 0. The minimum absolute atomic E-state index is 0.0375. The third-order valence-corrected chi connectivity index (χ3v) is 6.36. The third-order valence-electron chi connectivity index (χ3n) is 5.15. The number of aliphatic hydroxyl groups is 2. The van der Waals surface area contributed by atoms with Gasteiger partial charge in [-0.3, -0.25) is 9.59 Å². The number of hydrogen-bond acceptors (Lipinski definition) is 5. The molecule has 3 N–H and O–H groups in total. The summed E-state index contributed by atoms with van der Waals surface area (Å²) in [4.78, 5) is 27.2. The molecule has 2 aliphatic rings. The van der Waals surface area contributed by atoms with Crippen molar-refractivity contribution in [3.05, 3.63) is 34.2 Å². The molecule has 2 amide bonds. The minimum Gasteiger partial charge on any atom is -0.396 e. The Balaban J connectivity index is 1.63. The van der Waals surface area contributed by atoms with Crippen molar-refractivity contribution in [1.82, 2.24) is 10.2 Å². The zero-order chi connectivity index (χ0) is 17.6. The molecule has 132 valence electrons. The zero-order valence-corrected chi connectivity index (χ0v) is 14.5. The van der Waals surface area contributed by atoms with Gasteiger partial charge in [-0.25, -0.2) is 0 Å². The van der Waals surface area contributed by atoms with Gasteiger partial charge in [0, 0.05) is 42.4 Å². The molecule has 3 heterocycles. The summed E-state index contributed by atoms with van der Waals surface area (Å²) in [6.07, 6.45) is 0.683. The maximum absolute atomic E-state index is 12.8. The maximum Gasteiger partial charge on any atom is 0.261 e. The van der Waals surface area contributed by atoms with Gasteiger partial charge in [0.1, 0.15) is 0 Å². The predicted octanol–water partition coefficient (Wildman–Crippen LogP) is 1.00. The van der Waals surface area contributed by atoms with E-state index in [1.54, 1.807) is 11.0 Å². The van der Waals surface area contributed by atoms with Crippen LogP contribution in [0.3, 0.4) is 0 Å². The highest BCUT2D eigenvalue weighted by Crippen LogP contribution is 2.34. The lowest BCUT2D eigenvalue weighted by atomic mass is 9.94. The number of carbonyl (C=O) groups is 2. The van der Waals surface area contributed by atoms with E-state index in [0.717, 1.165) is 26.9 Å². The molecule has 0 bridgehead atoms. The van der Waals surface area contributed by atoms with Crippen molar-refractivity contribution in [2.75, 3.05) is 26.2 Å². The van der Waals surface area contributed by atoms with Crippen molar-refractivity contribution in [2.24, 2.45) is 5.92 Å². The highest BCUT2D eigenvalue weighted by atomic mass is 32.1. The van der Waals surface area contributed by atoms with Crippen LogP contribution in [0.15, 0.2) is 18.2 Å². The first-order valence-corrected chi connectivity index (χ1v) is 9.32. The van der Waals surface area contributed by atoms with E-state index >= 15 is 0 Å². The molecule has 2 atom stereocenters. The number of thiophene rings is 1. The molecule has 1 saturated heterocycles. The molecule has 0 aliphatic carbocycles. The fourth-order valence-electron chi connectivity index (χ4n) is 3.65. The van der Waals surface area contributed by atoms with Crippen LogP contribution in [0.4, 0.5) is 0 Å². The molecule has 2 aliphatic heterocycles. The normalized spacial score (nSPS) is 23.4. The van der Waals surface area contributed by atoms with E-state index in [-0.39, 0.29) is 30.9 Å². The molecular formula is C18H20N2O4S. The summed E-state index contributed by atoms with van der Waals surface area (Å²) in [5.41, 5.74) is 1.60. The van der Waals surface area contributed by atoms with Crippen LogP contribution in [0.5, 0.6) is 0 Å². The standard InChI is InChI=1S/C18H20N2O4S/c21-9-11-4-6-20(8-14(11)22)18(24)10-1-2-15-13(7-10)12-3-5-19-17(23)16(12)25-15/h1-2,7,11,14,21-22H,3-6,8-9H2,(H,19,23)/t11-,14-/m1/s1. The number of amides is 2. The average molecular weight is 360 g/mol. The summed E-state index contributed by atoms with van der Waals surface area (Å²) in [5, 5.41) is 23.1. The largest absolute Gasteiger partial charge is 0.396 e. The number of hydrogen-bond donors (Lipinski definition) is 3. The van der Waals surface area contributed by atoms with Gasteiger partial charge in [0.15, 0.2) is 0 Å². The first kappa shape index (κ1) is 16.5. The van der Waals surface area contributed by atoms with E-state index in [9.17, 15) is 19.8 Å². The summed E-state index contributed by atoms with van der Waals surface area (Å²) >= 11 is 1.46. The van der Waals surface area contributed by atoms with Gasteiger partial charge in [-0.05, 0) is 42.0 Å². The number of β-amino-alcohol motifs (C(OH)–C–C–N with tert-alkyl or cyclic N) is 1. The smallest absolute Gasteiger partial charge is 0.261 e. The predicted molar refractivity (Wildman–Crippen MR) is 95.0 cm³/mol. The molecule has 1 aromatic carbocycles. The topological polar surface area (TPSA) is 89.9 Å². The highest BCUT2D eigenvalue weighted by molar-refractivity contribution is 7.21. The van der Waals surface area contributed by atoms with Gasteiger partial charge in [-0.2, -0.15) is 0 Å². The molecule has 0 saturated carbocycles. The van der Waals surface area contributed by atoms with Gasteiger partial charge >= 0.3 is 0 Å². The summed E-state index contributed by atoms with van der Waals surface area (Å²) in [5.74, 6) is -0.309. The summed E-state index contributed by atoms with van der Waals surface area (Å²) in [6, 6.07) is 5.56. The van der Waals surface area contributed by atoms with Gasteiger partial charge in [0.25, 0.3) is 11.8 Å². The number of likely N-dealkylation sites (tertiary alicyclic amines) is 1. The van der Waals surface area contributed by atoms with E-state index in [2.05, 4.69) is 5.32 Å². The van der Waals surface area contributed by atoms with Crippen molar-refractivity contribution < 1.29 is 19.8 Å². The zero-order valence-electron chi connectivity index (χ0n) is 13.7. The van der Waals surface area contributed by atoms with E-state index in [0.29, 0.717) is 25.1 Å². The van der Waals surface area contributed by atoms with Crippen molar-refractivity contribution >= 4 is 33.2 Å². The molecule has 1 fully saturated rings. The van der Waals surface area contributed by atoms with E-state index in [1.807, 2.05) is 12.1 Å². The Bertz CT molecular complexity index is 847. The Labute approximate surface area is 149 Å². The van der Waals surface area contributed by atoms with Gasteiger partial charge in [-0.15, -0.1) is 11.3 Å². The molecule has 0 radical (unpaired) electrons. The van der Waals surface area contributed by atoms with E-state index in [4.69, 9.17) is 0 Å². The second kappa shape index (κ2) is 6.40. The lowest BCUT2D eigenvalue weighted by molar-refractivity contribution is 0.000884. The quantitative estimate of drug-likeness (QED) is 0.745. The highest BCUT2D eigenvalue weighted by Gasteiger charge is 2.30. The van der Waals surface area contributed by atoms with Crippen molar-refractivity contribution in [1.29, 1.82) is 0 Å². The molecular weight excluding hydrogens is 340 g/mol. The van der Waals surface area contributed by atoms with E-state index < -0.39 is 6.10 Å². The molecule has 0 spiro atoms. The number of piperidine rings is 1. The van der Waals surface area contributed by atoms with Crippen LogP contribution in [0.25, 0.3) is 10.1 Å². The monoisotopic (exact) mass is 360 g/mol. The minimum atomic E-state index is -0.691. The van der Waals surface area contributed by atoms with Crippen LogP contribution in [-0.2, 0) is 6.42 Å². The second-order valence-corrected chi connectivity index (χ2v) is 7.73. The Morgan fingerprint density at radius 1 is 1.40 bits per heavy atom. The Morgan fingerprint density at radius 2 is 2.24 bits per heavy atom. The Hall–Kier alpha value is -1.96. The van der Waals surface area contributed by atoms with Gasteiger partial charge < -0.3 is 20.4 Å². The average Bonchev–Trinajstić information content (AvgIpc) is 3.00. The number of nitrogens with one attached hydrogen (secondary N) is 1. The summed E-state index contributed by atoms with van der Waals surface area (Å²) in [6.45, 7) is 1.34. The van der Waals surface area contributed by atoms with Gasteiger partial charge in [0.05, 0.1) is 11.0 Å². The first-order valence-electron chi connectivity index (χ1n) is 8.50. The SMILES string of the molecule is O=C1NCCc2c1sc1ccc(C(=O)N3CC[C@H](CO)[C@H](O)C3)cc21. The van der Waals surface area contributed by atoms with Crippen LogP contribution in [0.2, 0.25) is 0 Å². The number of benzene rings is 1. The molecule has 6 nitrogen and oxygen atoms in total. The van der Waals surface area contributed by atoms with Crippen LogP contribution in [0, 0.1) is 5.92 Å². The van der Waals surface area contributed by atoms with Crippen molar-refractivity contribution in [2.45, 2.75) is 18.9 Å². The lowest BCUT2D eigenvalue weighted by Crippen LogP contribution is -2.47. The number of fused-ring (bicyclic) bond motifs is 3. The number of carbonyl (C=O) groups excluding carboxylic acids is 2. The van der Waals surface area contributed by atoms with Crippen molar-refractivity contribution in [3.63, 3.8) is 0 Å². The van der Waals surface area contributed by atoms with Gasteiger partial charge in [-0.1, -0.05) is 0 Å². The molecule has 4 rings (SSSR count). The lowest BCUT2D eigenvalue weighted by Gasteiger charge is -2.35. The van der Waals surface area contributed by atoms with Crippen LogP contribution in [0.1, 0.15) is 32.0 Å². The molecule has 1 aromatic heterocycles. The molecule has 2 aromatic rings. The van der Waals surface area contributed by atoms with Crippen molar-refractivity contribution in [3.8, 4) is 0 Å². The summed E-state index contributed by atoms with van der Waals surface area (Å²) < 4.78 is 1.01. The first-order chi connectivity index (χ1) is 12.1. The number of aliphatic hydroxyl groups excluding tert-OH is 2. The molecule has 0 unspecified atom stereocenters. The second-order valence-electron chi connectivity index (χ2n) is 6.68.